The molecule has 0 spiro atoms. The molecule has 2 unspecified atom stereocenters. The summed E-state index contributed by atoms with van der Waals surface area (Å²) in [4.78, 5) is 14.1. The molecule has 1 aliphatic rings. The molecule has 9 heteroatoms. The van der Waals surface area contributed by atoms with Gasteiger partial charge in [-0.25, -0.2) is 0 Å². The lowest BCUT2D eigenvalue weighted by Crippen LogP contribution is -2.29. The molecule has 1 saturated heterocycles. The summed E-state index contributed by atoms with van der Waals surface area (Å²) >= 11 is 0. The zero-order valence-corrected chi connectivity index (χ0v) is 13.7. The number of likely N-dealkylation sites (tertiary alicyclic amines) is 1. The number of nitrogens with two attached hydrogens (primary N) is 1. The van der Waals surface area contributed by atoms with Crippen molar-refractivity contribution in [1.29, 1.82) is 0 Å². The van der Waals surface area contributed by atoms with Gasteiger partial charge in [0.15, 0.2) is 0 Å². The van der Waals surface area contributed by atoms with Gasteiger partial charge in [-0.05, 0) is 29.9 Å². The van der Waals surface area contributed by atoms with Gasteiger partial charge in [-0.15, -0.1) is 9.24 Å². The fraction of sp³-hybridized carbons (Fsp3) is 0.333. The number of carbonyl (C=O) groups is 1. The predicted molar refractivity (Wildman–Crippen MR) is 85.0 cm³/mol. The molecule has 0 radical (unpaired) electrons. The third-order valence-electron chi connectivity index (χ3n) is 4.04. The normalized spacial score (nSPS) is 18.2. The van der Waals surface area contributed by atoms with E-state index in [0.717, 1.165) is 6.07 Å². The Hall–Kier alpha value is -2.08. The van der Waals surface area contributed by atoms with Crippen molar-refractivity contribution in [2.45, 2.75) is 18.5 Å². The van der Waals surface area contributed by atoms with Crippen LogP contribution >= 0.6 is 9.24 Å². The summed E-state index contributed by atoms with van der Waals surface area (Å²) < 4.78 is 43.2. The van der Waals surface area contributed by atoms with Crippen molar-refractivity contribution in [3.8, 4) is 0 Å². The van der Waals surface area contributed by atoms with Crippen LogP contribution in [0.25, 0.3) is 0 Å². The SMILES string of the molecule is Nc1cc(C2CCN(C(=O)c3ccc(C(F)(F)F)c(P)c3)C2)no1. The number of nitrogens with zero attached hydrogens (tertiary/aromatic N) is 2. The zero-order valence-electron chi connectivity index (χ0n) is 12.5. The average Bonchev–Trinajstić information content (AvgIpc) is 3.13. The van der Waals surface area contributed by atoms with E-state index in [-0.39, 0.29) is 28.6 Å². The number of nitrogen functional groups attached to an aromatic ring is 1. The molecule has 3 rings (SSSR count). The lowest BCUT2D eigenvalue weighted by molar-refractivity contribution is -0.136. The zero-order chi connectivity index (χ0) is 17.5. The topological polar surface area (TPSA) is 72.4 Å². The van der Waals surface area contributed by atoms with E-state index in [0.29, 0.717) is 25.2 Å². The second-order valence-electron chi connectivity index (χ2n) is 5.69. The minimum atomic E-state index is -4.44. The van der Waals surface area contributed by atoms with Crippen LogP contribution in [0.3, 0.4) is 0 Å². The first-order valence-electron chi connectivity index (χ1n) is 7.24. The number of carbonyl (C=O) groups excluding carboxylic acids is 1. The van der Waals surface area contributed by atoms with E-state index in [1.54, 1.807) is 11.0 Å². The molecule has 1 fully saturated rings. The second-order valence-corrected chi connectivity index (χ2v) is 6.31. The average molecular weight is 357 g/mol. The van der Waals surface area contributed by atoms with Gasteiger partial charge < -0.3 is 15.2 Å². The summed E-state index contributed by atoms with van der Waals surface area (Å²) in [5.74, 6) is -0.0727. The van der Waals surface area contributed by atoms with Gasteiger partial charge in [-0.1, -0.05) is 5.16 Å². The molecule has 24 heavy (non-hydrogen) atoms. The Labute approximate surface area is 138 Å². The van der Waals surface area contributed by atoms with Crippen LogP contribution in [-0.2, 0) is 6.18 Å². The molecule has 0 aliphatic carbocycles. The highest BCUT2D eigenvalue weighted by Gasteiger charge is 2.34. The van der Waals surface area contributed by atoms with E-state index in [4.69, 9.17) is 10.3 Å². The molecule has 5 nitrogen and oxygen atoms in total. The van der Waals surface area contributed by atoms with E-state index in [2.05, 4.69) is 5.16 Å². The lowest BCUT2D eigenvalue weighted by Gasteiger charge is -2.17. The smallest absolute Gasteiger partial charge is 0.368 e. The first-order chi connectivity index (χ1) is 11.3. The molecule has 1 aromatic heterocycles. The van der Waals surface area contributed by atoms with Crippen LogP contribution in [0.15, 0.2) is 28.8 Å². The standard InChI is InChI=1S/C15H15F3N3O2P/c16-15(17,18)10-2-1-8(5-12(10)24)14(22)21-4-3-9(7-21)11-6-13(19)23-20-11/h1-2,5-6,9H,3-4,7,19,24H2. The Bertz CT molecular complexity index is 776. The Balaban J connectivity index is 1.74. The number of amides is 1. The fourth-order valence-corrected chi connectivity index (χ4v) is 3.26. The van der Waals surface area contributed by atoms with E-state index < -0.39 is 11.7 Å². The maximum absolute atomic E-state index is 12.8. The number of rotatable bonds is 2. The van der Waals surface area contributed by atoms with Crippen molar-refractivity contribution < 1.29 is 22.5 Å². The highest BCUT2D eigenvalue weighted by Crippen LogP contribution is 2.31. The third-order valence-corrected chi connectivity index (χ3v) is 4.52. The van der Waals surface area contributed by atoms with Crippen LogP contribution in [-0.4, -0.2) is 29.1 Å². The van der Waals surface area contributed by atoms with Crippen LogP contribution in [0.1, 0.15) is 34.0 Å². The summed E-state index contributed by atoms with van der Waals surface area (Å²) in [6.07, 6.45) is -3.74. The van der Waals surface area contributed by atoms with Crippen molar-refractivity contribution in [1.82, 2.24) is 10.1 Å². The van der Waals surface area contributed by atoms with Crippen molar-refractivity contribution in [3.63, 3.8) is 0 Å². The number of halogens is 3. The van der Waals surface area contributed by atoms with Gasteiger partial charge in [-0.2, -0.15) is 13.2 Å². The van der Waals surface area contributed by atoms with Gasteiger partial charge in [0.25, 0.3) is 5.91 Å². The minimum Gasteiger partial charge on any atom is -0.368 e. The molecule has 2 atom stereocenters. The van der Waals surface area contributed by atoms with Crippen molar-refractivity contribution in [3.05, 3.63) is 41.1 Å². The number of aromatic nitrogens is 1. The quantitative estimate of drug-likeness (QED) is 0.838. The molecule has 1 aliphatic heterocycles. The number of hydrogen-bond acceptors (Lipinski definition) is 4. The van der Waals surface area contributed by atoms with Crippen molar-refractivity contribution in [2.75, 3.05) is 18.8 Å². The van der Waals surface area contributed by atoms with Crippen LogP contribution in [0.5, 0.6) is 0 Å². The van der Waals surface area contributed by atoms with Gasteiger partial charge in [0.1, 0.15) is 0 Å². The molecule has 2 heterocycles. The number of benzene rings is 1. The molecule has 2 N–H and O–H groups in total. The van der Waals surface area contributed by atoms with Crippen molar-refractivity contribution in [2.24, 2.45) is 0 Å². The van der Waals surface area contributed by atoms with E-state index in [1.165, 1.54) is 12.1 Å². The van der Waals surface area contributed by atoms with E-state index in [1.807, 2.05) is 9.24 Å². The van der Waals surface area contributed by atoms with E-state index in [9.17, 15) is 18.0 Å². The molecule has 0 bridgehead atoms. The summed E-state index contributed by atoms with van der Waals surface area (Å²) in [6, 6.07) is 5.01. The molecule has 1 amide bonds. The van der Waals surface area contributed by atoms with Crippen LogP contribution < -0.4 is 11.0 Å². The monoisotopic (exact) mass is 357 g/mol. The summed E-state index contributed by atoms with van der Waals surface area (Å²) in [5, 5.41) is 3.80. The highest BCUT2D eigenvalue weighted by atomic mass is 31.0. The Morgan fingerprint density at radius 1 is 1.38 bits per heavy atom. The fourth-order valence-electron chi connectivity index (χ4n) is 2.82. The minimum absolute atomic E-state index is 0.0138. The maximum Gasteiger partial charge on any atom is 0.417 e. The lowest BCUT2D eigenvalue weighted by atomic mass is 10.1. The molecule has 0 saturated carbocycles. The number of hydrogen-bond donors (Lipinski definition) is 1. The Kier molecular flexibility index (Phi) is 4.25. The Morgan fingerprint density at radius 3 is 2.71 bits per heavy atom. The van der Waals surface area contributed by atoms with Gasteiger partial charge in [0, 0.05) is 30.6 Å². The van der Waals surface area contributed by atoms with Crippen LogP contribution in [0.2, 0.25) is 0 Å². The second kappa shape index (κ2) is 6.09. The summed E-state index contributed by atoms with van der Waals surface area (Å²) in [7, 11) is 2.03. The first-order valence-corrected chi connectivity index (χ1v) is 7.81. The molecule has 1 aromatic carbocycles. The van der Waals surface area contributed by atoms with Crippen LogP contribution in [0, 0.1) is 0 Å². The van der Waals surface area contributed by atoms with Crippen molar-refractivity contribution >= 4 is 26.3 Å². The first kappa shape index (κ1) is 16.8. The van der Waals surface area contributed by atoms with Gasteiger partial charge >= 0.3 is 6.18 Å². The predicted octanol–water partition coefficient (Wildman–Crippen LogP) is 2.41. The molecular formula is C15H15F3N3O2P. The Morgan fingerprint density at radius 2 is 2.12 bits per heavy atom. The third kappa shape index (κ3) is 3.24. The largest absolute Gasteiger partial charge is 0.417 e. The van der Waals surface area contributed by atoms with Crippen LogP contribution in [0.4, 0.5) is 19.1 Å². The highest BCUT2D eigenvalue weighted by molar-refractivity contribution is 7.27. The van der Waals surface area contributed by atoms with E-state index >= 15 is 0 Å². The molecule has 128 valence electrons. The van der Waals surface area contributed by atoms with Gasteiger partial charge in [0.2, 0.25) is 5.88 Å². The summed E-state index contributed by atoms with van der Waals surface area (Å²) in [6.45, 7) is 0.932. The van der Waals surface area contributed by atoms with Gasteiger partial charge in [-0.3, -0.25) is 4.79 Å². The maximum atomic E-state index is 12.8. The molecule has 2 aromatic rings. The summed E-state index contributed by atoms with van der Waals surface area (Å²) in [5.41, 5.74) is 5.64. The number of alkyl halides is 3. The number of anilines is 1. The molecular weight excluding hydrogens is 342 g/mol. The van der Waals surface area contributed by atoms with Gasteiger partial charge in [0.05, 0.1) is 11.3 Å².